The summed E-state index contributed by atoms with van der Waals surface area (Å²) in [4.78, 5) is 26.0. The summed E-state index contributed by atoms with van der Waals surface area (Å²) in [5.74, 6) is -0.667. The lowest BCUT2D eigenvalue weighted by molar-refractivity contribution is -0.138. The van der Waals surface area contributed by atoms with Gasteiger partial charge in [0.05, 0.1) is 5.54 Å². The number of nitrogens with two attached hydrogens (primary N) is 1. The van der Waals surface area contributed by atoms with Crippen LogP contribution >= 0.6 is 0 Å². The summed E-state index contributed by atoms with van der Waals surface area (Å²) in [6.07, 6.45) is 1.21. The van der Waals surface area contributed by atoms with E-state index in [0.29, 0.717) is 31.6 Å². The Labute approximate surface area is 129 Å². The molecule has 0 aliphatic carbocycles. The Morgan fingerprint density at radius 3 is 2.27 bits per heavy atom. The molecule has 1 saturated heterocycles. The fourth-order valence-electron chi connectivity index (χ4n) is 2.53. The lowest BCUT2D eigenvalue weighted by Gasteiger charge is -2.35. The molecule has 1 aromatic carbocycles. The molecule has 0 saturated carbocycles. The number of hydrogen-bond donors (Lipinski definition) is 2. The van der Waals surface area contributed by atoms with Gasteiger partial charge in [0.2, 0.25) is 11.8 Å². The number of rotatable bonds is 3. The van der Waals surface area contributed by atoms with E-state index >= 15 is 0 Å². The largest absolute Gasteiger partial charge is 0.341 e. The predicted octanol–water partition coefficient (Wildman–Crippen LogP) is 1.74. The van der Waals surface area contributed by atoms with Gasteiger partial charge in [-0.1, -0.05) is 0 Å². The fraction of sp³-hybridized carbons (Fsp3) is 0.500. The molecule has 1 fully saturated rings. The highest BCUT2D eigenvalue weighted by Crippen LogP contribution is 2.21. The monoisotopic (exact) mass is 307 g/mol. The maximum Gasteiger partial charge on any atom is 0.242 e. The minimum atomic E-state index is -0.886. The molecule has 22 heavy (non-hydrogen) atoms. The van der Waals surface area contributed by atoms with E-state index in [-0.39, 0.29) is 23.5 Å². The lowest BCUT2D eigenvalue weighted by atomic mass is 9.94. The standard InChI is InChI=1S/C16H22FN3O2/c1-16(2,18)15(22)20-9-7-11(8-10-20)14(21)19-13-5-3-12(17)4-6-13/h3-6,11H,7-10,18H2,1-2H3,(H,19,21). The van der Waals surface area contributed by atoms with Crippen molar-refractivity contribution in [3.05, 3.63) is 30.1 Å². The Hall–Kier alpha value is -1.95. The third-order valence-electron chi connectivity index (χ3n) is 3.82. The van der Waals surface area contributed by atoms with Crippen molar-refractivity contribution in [1.82, 2.24) is 4.90 Å². The quantitative estimate of drug-likeness (QED) is 0.893. The van der Waals surface area contributed by atoms with Gasteiger partial charge in [-0.3, -0.25) is 9.59 Å². The van der Waals surface area contributed by atoms with Gasteiger partial charge < -0.3 is 16.0 Å². The molecular formula is C16H22FN3O2. The first-order valence-corrected chi connectivity index (χ1v) is 7.42. The highest BCUT2D eigenvalue weighted by molar-refractivity contribution is 5.93. The molecule has 0 unspecified atom stereocenters. The first kappa shape index (κ1) is 16.4. The predicted molar refractivity (Wildman–Crippen MR) is 82.6 cm³/mol. The number of carbonyl (C=O) groups excluding carboxylic acids is 2. The number of carbonyl (C=O) groups is 2. The third-order valence-corrected chi connectivity index (χ3v) is 3.82. The number of nitrogens with zero attached hydrogens (tertiary/aromatic N) is 1. The van der Waals surface area contributed by atoms with Crippen LogP contribution in [0.1, 0.15) is 26.7 Å². The van der Waals surface area contributed by atoms with Crippen LogP contribution in [0.25, 0.3) is 0 Å². The van der Waals surface area contributed by atoms with Crippen molar-refractivity contribution >= 4 is 17.5 Å². The van der Waals surface area contributed by atoms with Crippen LogP contribution in [0.5, 0.6) is 0 Å². The highest BCUT2D eigenvalue weighted by Gasteiger charge is 2.32. The number of likely N-dealkylation sites (tertiary alicyclic amines) is 1. The molecule has 2 rings (SSSR count). The number of halogens is 1. The zero-order valence-corrected chi connectivity index (χ0v) is 12.9. The molecular weight excluding hydrogens is 285 g/mol. The van der Waals surface area contributed by atoms with Gasteiger partial charge in [0.1, 0.15) is 5.82 Å². The number of amides is 2. The summed E-state index contributed by atoms with van der Waals surface area (Å²) in [5, 5.41) is 2.78. The average Bonchev–Trinajstić information content (AvgIpc) is 2.48. The normalized spacial score (nSPS) is 16.5. The van der Waals surface area contributed by atoms with Gasteiger partial charge in [-0.05, 0) is 51.0 Å². The van der Waals surface area contributed by atoms with Gasteiger partial charge in [0.25, 0.3) is 0 Å². The molecule has 6 heteroatoms. The summed E-state index contributed by atoms with van der Waals surface area (Å²) in [6, 6.07) is 5.67. The molecule has 1 heterocycles. The summed E-state index contributed by atoms with van der Waals surface area (Å²) < 4.78 is 12.8. The Bertz CT molecular complexity index is 544. The van der Waals surface area contributed by atoms with Crippen molar-refractivity contribution in [1.29, 1.82) is 0 Å². The maximum absolute atomic E-state index is 12.8. The molecule has 2 amide bonds. The molecule has 1 aromatic rings. The topological polar surface area (TPSA) is 75.4 Å². The van der Waals surface area contributed by atoms with Crippen LogP contribution in [0.3, 0.4) is 0 Å². The second-order valence-corrected chi connectivity index (χ2v) is 6.28. The minimum Gasteiger partial charge on any atom is -0.341 e. The van der Waals surface area contributed by atoms with E-state index in [1.165, 1.54) is 24.3 Å². The summed E-state index contributed by atoms with van der Waals surface area (Å²) in [7, 11) is 0. The molecule has 0 atom stereocenters. The van der Waals surface area contributed by atoms with Gasteiger partial charge in [0.15, 0.2) is 0 Å². The smallest absolute Gasteiger partial charge is 0.242 e. The zero-order valence-electron chi connectivity index (χ0n) is 12.9. The van der Waals surface area contributed by atoms with Crippen LogP contribution in [-0.2, 0) is 9.59 Å². The Balaban J connectivity index is 1.87. The van der Waals surface area contributed by atoms with Gasteiger partial charge in [-0.15, -0.1) is 0 Å². The van der Waals surface area contributed by atoms with Crippen molar-refractivity contribution < 1.29 is 14.0 Å². The van der Waals surface area contributed by atoms with Crippen molar-refractivity contribution in [3.8, 4) is 0 Å². The summed E-state index contributed by atoms with van der Waals surface area (Å²) >= 11 is 0. The van der Waals surface area contributed by atoms with E-state index < -0.39 is 5.54 Å². The molecule has 0 spiro atoms. The van der Waals surface area contributed by atoms with E-state index in [4.69, 9.17) is 5.73 Å². The molecule has 0 bridgehead atoms. The second-order valence-electron chi connectivity index (χ2n) is 6.28. The van der Waals surface area contributed by atoms with Crippen molar-refractivity contribution in [2.24, 2.45) is 11.7 Å². The van der Waals surface area contributed by atoms with Gasteiger partial charge in [0, 0.05) is 24.7 Å². The summed E-state index contributed by atoms with van der Waals surface area (Å²) in [6.45, 7) is 4.42. The zero-order chi connectivity index (χ0) is 16.3. The molecule has 120 valence electrons. The van der Waals surface area contributed by atoms with Crippen LogP contribution in [0.15, 0.2) is 24.3 Å². The first-order valence-electron chi connectivity index (χ1n) is 7.42. The van der Waals surface area contributed by atoms with Crippen molar-refractivity contribution in [2.75, 3.05) is 18.4 Å². The van der Waals surface area contributed by atoms with Crippen molar-refractivity contribution in [3.63, 3.8) is 0 Å². The average molecular weight is 307 g/mol. The second kappa shape index (κ2) is 6.44. The van der Waals surface area contributed by atoms with E-state index in [9.17, 15) is 14.0 Å². The van der Waals surface area contributed by atoms with E-state index in [1.807, 2.05) is 0 Å². The SMILES string of the molecule is CC(C)(N)C(=O)N1CCC(C(=O)Nc2ccc(F)cc2)CC1. The molecule has 3 N–H and O–H groups in total. The molecule has 1 aliphatic heterocycles. The maximum atomic E-state index is 12.8. The number of nitrogens with one attached hydrogen (secondary N) is 1. The van der Waals surface area contributed by atoms with Crippen LogP contribution in [0.4, 0.5) is 10.1 Å². The third kappa shape index (κ3) is 4.04. The number of anilines is 1. The van der Waals surface area contributed by atoms with Crippen molar-refractivity contribution in [2.45, 2.75) is 32.2 Å². The van der Waals surface area contributed by atoms with E-state index in [1.54, 1.807) is 18.7 Å². The van der Waals surface area contributed by atoms with E-state index in [0.717, 1.165) is 0 Å². The van der Waals surface area contributed by atoms with Gasteiger partial charge in [-0.2, -0.15) is 0 Å². The Kier molecular flexibility index (Phi) is 4.81. The Morgan fingerprint density at radius 1 is 1.23 bits per heavy atom. The summed E-state index contributed by atoms with van der Waals surface area (Å²) in [5.41, 5.74) is 5.51. The molecule has 1 aliphatic rings. The fourth-order valence-corrected chi connectivity index (χ4v) is 2.53. The van der Waals surface area contributed by atoms with Crippen LogP contribution < -0.4 is 11.1 Å². The number of benzene rings is 1. The van der Waals surface area contributed by atoms with Gasteiger partial charge >= 0.3 is 0 Å². The van der Waals surface area contributed by atoms with E-state index in [2.05, 4.69) is 5.32 Å². The minimum absolute atomic E-state index is 0.0919. The lowest BCUT2D eigenvalue weighted by Crippen LogP contribution is -2.53. The number of piperidine rings is 1. The molecule has 0 aromatic heterocycles. The van der Waals surface area contributed by atoms with Crippen LogP contribution in [0.2, 0.25) is 0 Å². The molecule has 0 radical (unpaired) electrons. The van der Waals surface area contributed by atoms with Crippen LogP contribution in [-0.4, -0.2) is 35.3 Å². The molecule has 5 nitrogen and oxygen atoms in total. The van der Waals surface area contributed by atoms with Crippen LogP contribution in [0, 0.1) is 11.7 Å². The Morgan fingerprint density at radius 2 is 1.77 bits per heavy atom. The highest BCUT2D eigenvalue weighted by atomic mass is 19.1. The first-order chi connectivity index (χ1) is 10.3. The van der Waals surface area contributed by atoms with Gasteiger partial charge in [-0.25, -0.2) is 4.39 Å². The number of hydrogen-bond acceptors (Lipinski definition) is 3.